The molecule has 0 spiro atoms. The van der Waals surface area contributed by atoms with Crippen LogP contribution in [-0.4, -0.2) is 48.9 Å². The van der Waals surface area contributed by atoms with Gasteiger partial charge in [0.25, 0.3) is 0 Å². The van der Waals surface area contributed by atoms with Gasteiger partial charge in [0.1, 0.15) is 0 Å². The molecule has 0 aromatic heterocycles. The fraction of sp³-hybridized carbons (Fsp3) is 0.562. The average Bonchev–Trinajstić information content (AvgIpc) is 2.47. The third-order valence-corrected chi connectivity index (χ3v) is 4.16. The minimum absolute atomic E-state index is 0.140. The van der Waals surface area contributed by atoms with Gasteiger partial charge in [-0.2, -0.15) is 0 Å². The summed E-state index contributed by atoms with van der Waals surface area (Å²) < 4.78 is 0. The number of rotatable bonds is 4. The zero-order valence-corrected chi connectivity index (χ0v) is 12.5. The van der Waals surface area contributed by atoms with Crippen molar-refractivity contribution in [3.63, 3.8) is 0 Å². The Kier molecular flexibility index (Phi) is 5.15. The van der Waals surface area contributed by atoms with Crippen LogP contribution in [-0.2, 0) is 4.79 Å². The van der Waals surface area contributed by atoms with E-state index < -0.39 is 0 Å². The number of nitrogens with zero attached hydrogens (tertiary/aromatic N) is 2. The molecule has 1 aliphatic heterocycles. The molecule has 1 aromatic rings. The van der Waals surface area contributed by atoms with Crippen LogP contribution in [0.4, 0.5) is 0 Å². The zero-order chi connectivity index (χ0) is 14.5. The number of hydrogen-bond donors (Lipinski definition) is 1. The second kappa shape index (κ2) is 6.86. The second-order valence-corrected chi connectivity index (χ2v) is 5.78. The highest BCUT2D eigenvalue weighted by atomic mass is 16.2. The molecule has 2 unspecified atom stereocenters. The monoisotopic (exact) mass is 275 g/mol. The summed E-state index contributed by atoms with van der Waals surface area (Å²) >= 11 is 0. The lowest BCUT2D eigenvalue weighted by molar-refractivity contribution is -0.133. The Hall–Kier alpha value is -1.39. The van der Waals surface area contributed by atoms with E-state index >= 15 is 0 Å². The van der Waals surface area contributed by atoms with Gasteiger partial charge in [0.15, 0.2) is 0 Å². The maximum Gasteiger partial charge on any atom is 0.224 e. The third-order valence-electron chi connectivity index (χ3n) is 4.16. The number of likely N-dealkylation sites (tertiary alicyclic amines) is 1. The van der Waals surface area contributed by atoms with E-state index in [4.69, 9.17) is 5.73 Å². The van der Waals surface area contributed by atoms with Gasteiger partial charge in [0.2, 0.25) is 5.91 Å². The lowest BCUT2D eigenvalue weighted by Gasteiger charge is -2.36. The van der Waals surface area contributed by atoms with E-state index in [-0.39, 0.29) is 11.9 Å². The molecule has 20 heavy (non-hydrogen) atoms. The van der Waals surface area contributed by atoms with Crippen LogP contribution in [0.2, 0.25) is 0 Å². The molecule has 0 bridgehead atoms. The Balaban J connectivity index is 1.90. The summed E-state index contributed by atoms with van der Waals surface area (Å²) in [6.45, 7) is 2.09. The van der Waals surface area contributed by atoms with Crippen molar-refractivity contribution >= 4 is 5.91 Å². The first kappa shape index (κ1) is 15.0. The highest BCUT2D eigenvalue weighted by molar-refractivity contribution is 5.77. The van der Waals surface area contributed by atoms with E-state index in [0.29, 0.717) is 12.5 Å². The summed E-state index contributed by atoms with van der Waals surface area (Å²) in [5.74, 6) is 0.140. The zero-order valence-electron chi connectivity index (χ0n) is 12.5. The lowest BCUT2D eigenvalue weighted by atomic mass is 10.0. The molecular formula is C16H25N3O. The van der Waals surface area contributed by atoms with Gasteiger partial charge in [0, 0.05) is 32.1 Å². The molecule has 1 saturated heterocycles. The van der Waals surface area contributed by atoms with Gasteiger partial charge in [-0.25, -0.2) is 0 Å². The van der Waals surface area contributed by atoms with Crippen molar-refractivity contribution < 1.29 is 4.79 Å². The van der Waals surface area contributed by atoms with Crippen molar-refractivity contribution in [1.82, 2.24) is 9.80 Å². The van der Waals surface area contributed by atoms with E-state index in [1.54, 1.807) is 0 Å². The van der Waals surface area contributed by atoms with Crippen LogP contribution in [0, 0.1) is 0 Å². The number of nitrogens with two attached hydrogens (primary N) is 1. The molecule has 0 aliphatic carbocycles. The Morgan fingerprint density at radius 2 is 2.15 bits per heavy atom. The van der Waals surface area contributed by atoms with Crippen LogP contribution in [0.1, 0.15) is 30.9 Å². The smallest absolute Gasteiger partial charge is 0.224 e. The molecule has 4 heteroatoms. The number of carbonyl (C=O) groups is 1. The topological polar surface area (TPSA) is 49.6 Å². The summed E-state index contributed by atoms with van der Waals surface area (Å²) in [5.41, 5.74) is 7.16. The van der Waals surface area contributed by atoms with Crippen LogP contribution in [0.3, 0.4) is 0 Å². The maximum atomic E-state index is 12.4. The third kappa shape index (κ3) is 3.81. The molecule has 1 aromatic carbocycles. The minimum atomic E-state index is -0.215. The summed E-state index contributed by atoms with van der Waals surface area (Å²) in [4.78, 5) is 16.5. The van der Waals surface area contributed by atoms with Gasteiger partial charge in [-0.1, -0.05) is 30.3 Å². The number of piperidine rings is 1. The fourth-order valence-electron chi connectivity index (χ4n) is 2.81. The summed E-state index contributed by atoms with van der Waals surface area (Å²) in [6, 6.07) is 9.94. The van der Waals surface area contributed by atoms with Gasteiger partial charge in [0.05, 0.1) is 0 Å². The Morgan fingerprint density at radius 1 is 1.45 bits per heavy atom. The molecule has 0 saturated carbocycles. The predicted octanol–water partition coefficient (Wildman–Crippen LogP) is 1.63. The Morgan fingerprint density at radius 3 is 2.80 bits per heavy atom. The van der Waals surface area contributed by atoms with Gasteiger partial charge >= 0.3 is 0 Å². The van der Waals surface area contributed by atoms with Crippen LogP contribution in [0.15, 0.2) is 30.3 Å². The first-order valence-corrected chi connectivity index (χ1v) is 7.32. The maximum absolute atomic E-state index is 12.4. The van der Waals surface area contributed by atoms with Crippen molar-refractivity contribution in [3.05, 3.63) is 35.9 Å². The van der Waals surface area contributed by atoms with Gasteiger partial charge in [-0.3, -0.25) is 4.79 Å². The minimum Gasteiger partial charge on any atom is -0.341 e. The lowest BCUT2D eigenvalue weighted by Crippen LogP contribution is -2.47. The summed E-state index contributed by atoms with van der Waals surface area (Å²) in [6.07, 6.45) is 2.62. The Bertz CT molecular complexity index is 435. The van der Waals surface area contributed by atoms with E-state index in [2.05, 4.69) is 11.9 Å². The van der Waals surface area contributed by atoms with Gasteiger partial charge in [-0.15, -0.1) is 0 Å². The number of carbonyl (C=O) groups excluding carboxylic acids is 1. The quantitative estimate of drug-likeness (QED) is 0.908. The standard InChI is InChI=1S/C16H25N3O/c1-18-10-6-9-14(12-18)19(2)16(20)11-15(17)13-7-4-3-5-8-13/h3-5,7-8,14-15H,6,9-12,17H2,1-2H3. The van der Waals surface area contributed by atoms with E-state index in [1.165, 1.54) is 0 Å². The van der Waals surface area contributed by atoms with E-state index in [1.807, 2.05) is 42.3 Å². The van der Waals surface area contributed by atoms with Crippen molar-refractivity contribution in [3.8, 4) is 0 Å². The van der Waals surface area contributed by atoms with Crippen molar-refractivity contribution in [2.24, 2.45) is 5.73 Å². The summed E-state index contributed by atoms with van der Waals surface area (Å²) in [5, 5.41) is 0. The molecule has 1 aliphatic rings. The molecule has 0 radical (unpaired) electrons. The number of hydrogen-bond acceptors (Lipinski definition) is 3. The Labute approximate surface area is 121 Å². The molecule has 1 amide bonds. The molecule has 2 N–H and O–H groups in total. The molecule has 1 heterocycles. The van der Waals surface area contributed by atoms with Crippen LogP contribution < -0.4 is 5.73 Å². The highest BCUT2D eigenvalue weighted by Crippen LogP contribution is 2.18. The van der Waals surface area contributed by atoms with Gasteiger partial charge < -0.3 is 15.5 Å². The first-order valence-electron chi connectivity index (χ1n) is 7.32. The number of amides is 1. The van der Waals surface area contributed by atoms with Crippen LogP contribution in [0.25, 0.3) is 0 Å². The number of likely N-dealkylation sites (N-methyl/N-ethyl adjacent to an activating group) is 2. The molecule has 4 nitrogen and oxygen atoms in total. The average molecular weight is 275 g/mol. The largest absolute Gasteiger partial charge is 0.341 e. The second-order valence-electron chi connectivity index (χ2n) is 5.78. The SMILES string of the molecule is CN1CCCC(N(C)C(=O)CC(N)c2ccccc2)C1. The predicted molar refractivity (Wildman–Crippen MR) is 81.3 cm³/mol. The van der Waals surface area contributed by atoms with E-state index in [9.17, 15) is 4.79 Å². The van der Waals surface area contributed by atoms with Gasteiger partial charge in [-0.05, 0) is 32.0 Å². The molecule has 1 fully saturated rings. The molecule has 110 valence electrons. The van der Waals surface area contributed by atoms with E-state index in [0.717, 1.165) is 31.5 Å². The van der Waals surface area contributed by atoms with Crippen molar-refractivity contribution in [1.29, 1.82) is 0 Å². The first-order chi connectivity index (χ1) is 9.58. The number of benzene rings is 1. The van der Waals surface area contributed by atoms with Crippen LogP contribution >= 0.6 is 0 Å². The molecular weight excluding hydrogens is 250 g/mol. The van der Waals surface area contributed by atoms with Crippen LogP contribution in [0.5, 0.6) is 0 Å². The fourth-order valence-corrected chi connectivity index (χ4v) is 2.81. The van der Waals surface area contributed by atoms with Crippen molar-refractivity contribution in [2.75, 3.05) is 27.2 Å². The summed E-state index contributed by atoms with van der Waals surface area (Å²) in [7, 11) is 4.02. The molecule has 2 atom stereocenters. The normalized spacial score (nSPS) is 21.4. The van der Waals surface area contributed by atoms with Crippen molar-refractivity contribution in [2.45, 2.75) is 31.3 Å². The molecule has 2 rings (SSSR count). The highest BCUT2D eigenvalue weighted by Gasteiger charge is 2.25.